The van der Waals surface area contributed by atoms with Crippen LogP contribution in [0.3, 0.4) is 0 Å². The highest BCUT2D eigenvalue weighted by Crippen LogP contribution is 2.17. The van der Waals surface area contributed by atoms with E-state index in [1.54, 1.807) is 0 Å². The second kappa shape index (κ2) is 6.58. The van der Waals surface area contributed by atoms with Gasteiger partial charge in [-0.15, -0.1) is 0 Å². The van der Waals surface area contributed by atoms with Crippen LogP contribution in [0, 0.1) is 11.8 Å². The Labute approximate surface area is 99.6 Å². The fraction of sp³-hybridized carbons (Fsp3) is 1.00. The molecule has 0 radical (unpaired) electrons. The topological polar surface area (TPSA) is 41.5 Å². The van der Waals surface area contributed by atoms with Crippen molar-refractivity contribution in [2.45, 2.75) is 45.6 Å². The van der Waals surface area contributed by atoms with Crippen molar-refractivity contribution in [3.8, 4) is 0 Å². The number of nitrogens with one attached hydrogen (secondary N) is 1. The molecule has 16 heavy (non-hydrogen) atoms. The number of aliphatic hydroxyl groups is 1. The summed E-state index contributed by atoms with van der Waals surface area (Å²) >= 11 is 0. The standard InChI is InChI=1S/C13H27NO2/c1-11(2)13(3,15)10-16-8-6-12-5-4-7-14-9-12/h11-12,14-15H,4-10H2,1-3H3. The van der Waals surface area contributed by atoms with Gasteiger partial charge in [-0.2, -0.15) is 0 Å². The van der Waals surface area contributed by atoms with Gasteiger partial charge in [0.05, 0.1) is 12.2 Å². The molecular formula is C13H27NO2. The third kappa shape index (κ3) is 4.81. The number of hydrogen-bond donors (Lipinski definition) is 2. The summed E-state index contributed by atoms with van der Waals surface area (Å²) in [6.07, 6.45) is 3.71. The van der Waals surface area contributed by atoms with Crippen molar-refractivity contribution in [3.05, 3.63) is 0 Å². The van der Waals surface area contributed by atoms with E-state index in [1.807, 2.05) is 20.8 Å². The van der Waals surface area contributed by atoms with Crippen LogP contribution in [0.25, 0.3) is 0 Å². The fourth-order valence-electron chi connectivity index (χ4n) is 1.87. The summed E-state index contributed by atoms with van der Waals surface area (Å²) in [6.45, 7) is 9.41. The van der Waals surface area contributed by atoms with Crippen molar-refractivity contribution >= 4 is 0 Å². The Morgan fingerprint density at radius 1 is 1.50 bits per heavy atom. The fourth-order valence-corrected chi connectivity index (χ4v) is 1.87. The van der Waals surface area contributed by atoms with Crippen molar-refractivity contribution in [3.63, 3.8) is 0 Å². The highest BCUT2D eigenvalue weighted by Gasteiger charge is 2.25. The lowest BCUT2D eigenvalue weighted by Gasteiger charge is -2.28. The number of piperidine rings is 1. The van der Waals surface area contributed by atoms with Crippen LogP contribution in [0.4, 0.5) is 0 Å². The monoisotopic (exact) mass is 229 g/mol. The molecule has 2 N–H and O–H groups in total. The van der Waals surface area contributed by atoms with Crippen LogP contribution >= 0.6 is 0 Å². The Balaban J connectivity index is 2.06. The Kier molecular flexibility index (Phi) is 5.73. The summed E-state index contributed by atoms with van der Waals surface area (Å²) in [5.41, 5.74) is -0.690. The van der Waals surface area contributed by atoms with Gasteiger partial charge in [0.25, 0.3) is 0 Å². The summed E-state index contributed by atoms with van der Waals surface area (Å²) in [5, 5.41) is 13.4. The molecule has 0 saturated carbocycles. The first kappa shape index (κ1) is 13.9. The molecule has 0 aromatic rings. The molecule has 1 rings (SSSR count). The van der Waals surface area contributed by atoms with Crippen molar-refractivity contribution in [1.29, 1.82) is 0 Å². The molecule has 0 aromatic heterocycles. The summed E-state index contributed by atoms with van der Waals surface area (Å²) in [6, 6.07) is 0. The Morgan fingerprint density at radius 3 is 2.81 bits per heavy atom. The van der Waals surface area contributed by atoms with Crippen molar-refractivity contribution < 1.29 is 9.84 Å². The first-order valence-electron chi connectivity index (χ1n) is 6.53. The van der Waals surface area contributed by atoms with E-state index in [1.165, 1.54) is 19.4 Å². The molecule has 1 aliphatic rings. The van der Waals surface area contributed by atoms with Gasteiger partial charge in [0.2, 0.25) is 0 Å². The molecule has 1 aliphatic heterocycles. The Hall–Kier alpha value is -0.120. The van der Waals surface area contributed by atoms with E-state index in [0.29, 0.717) is 6.61 Å². The van der Waals surface area contributed by atoms with Gasteiger partial charge in [0.15, 0.2) is 0 Å². The first-order valence-corrected chi connectivity index (χ1v) is 6.53. The van der Waals surface area contributed by atoms with E-state index >= 15 is 0 Å². The maximum Gasteiger partial charge on any atom is 0.0874 e. The Morgan fingerprint density at radius 2 is 2.25 bits per heavy atom. The van der Waals surface area contributed by atoms with Gasteiger partial charge in [-0.25, -0.2) is 0 Å². The van der Waals surface area contributed by atoms with Crippen LogP contribution in [-0.2, 0) is 4.74 Å². The van der Waals surface area contributed by atoms with Crippen molar-refractivity contribution in [2.24, 2.45) is 11.8 Å². The lowest BCUT2D eigenvalue weighted by atomic mass is 9.93. The molecule has 1 saturated heterocycles. The minimum absolute atomic E-state index is 0.240. The highest BCUT2D eigenvalue weighted by molar-refractivity contribution is 4.75. The zero-order valence-electron chi connectivity index (χ0n) is 11.0. The normalized spacial score (nSPS) is 25.7. The van der Waals surface area contributed by atoms with E-state index < -0.39 is 5.60 Å². The molecule has 2 atom stereocenters. The molecule has 3 nitrogen and oxygen atoms in total. The molecule has 0 spiro atoms. The zero-order valence-corrected chi connectivity index (χ0v) is 11.0. The van der Waals surface area contributed by atoms with Crippen LogP contribution in [0.2, 0.25) is 0 Å². The van der Waals surface area contributed by atoms with E-state index in [-0.39, 0.29) is 5.92 Å². The minimum Gasteiger partial charge on any atom is -0.388 e. The molecule has 0 aromatic carbocycles. The first-order chi connectivity index (χ1) is 7.52. The molecule has 0 amide bonds. The second-order valence-electron chi connectivity index (χ2n) is 5.57. The van der Waals surface area contributed by atoms with Crippen LogP contribution in [0.5, 0.6) is 0 Å². The smallest absolute Gasteiger partial charge is 0.0874 e. The SMILES string of the molecule is CC(C)C(C)(O)COCCC1CCCNC1. The van der Waals surface area contributed by atoms with E-state index in [0.717, 1.165) is 25.5 Å². The molecule has 0 bridgehead atoms. The summed E-state index contributed by atoms with van der Waals surface area (Å²) < 4.78 is 5.58. The van der Waals surface area contributed by atoms with Crippen LogP contribution in [0.15, 0.2) is 0 Å². The lowest BCUT2D eigenvalue weighted by molar-refractivity contribution is -0.0651. The van der Waals surface area contributed by atoms with Gasteiger partial charge in [0.1, 0.15) is 0 Å². The number of ether oxygens (including phenoxy) is 1. The number of hydrogen-bond acceptors (Lipinski definition) is 3. The molecule has 2 unspecified atom stereocenters. The van der Waals surface area contributed by atoms with Gasteiger partial charge in [-0.1, -0.05) is 13.8 Å². The molecule has 1 heterocycles. The third-order valence-electron chi connectivity index (χ3n) is 3.71. The van der Waals surface area contributed by atoms with Crippen LogP contribution in [0.1, 0.15) is 40.0 Å². The van der Waals surface area contributed by atoms with E-state index in [4.69, 9.17) is 4.74 Å². The van der Waals surface area contributed by atoms with Gasteiger partial charge in [-0.05, 0) is 51.1 Å². The number of rotatable bonds is 6. The maximum atomic E-state index is 9.99. The van der Waals surface area contributed by atoms with E-state index in [9.17, 15) is 5.11 Å². The highest BCUT2D eigenvalue weighted by atomic mass is 16.5. The van der Waals surface area contributed by atoms with Gasteiger partial charge >= 0.3 is 0 Å². The quantitative estimate of drug-likeness (QED) is 0.682. The van der Waals surface area contributed by atoms with Gasteiger partial charge < -0.3 is 15.2 Å². The molecule has 0 aliphatic carbocycles. The average molecular weight is 229 g/mol. The second-order valence-corrected chi connectivity index (χ2v) is 5.57. The third-order valence-corrected chi connectivity index (χ3v) is 3.71. The predicted octanol–water partition coefficient (Wildman–Crippen LogP) is 1.80. The zero-order chi connectivity index (χ0) is 12.0. The molecule has 3 heteroatoms. The molecular weight excluding hydrogens is 202 g/mol. The van der Waals surface area contributed by atoms with Crippen molar-refractivity contribution in [1.82, 2.24) is 5.32 Å². The molecule has 1 fully saturated rings. The predicted molar refractivity (Wildman–Crippen MR) is 66.5 cm³/mol. The molecule has 96 valence electrons. The minimum atomic E-state index is -0.690. The maximum absolute atomic E-state index is 9.99. The summed E-state index contributed by atoms with van der Waals surface area (Å²) in [5.74, 6) is 1.00. The largest absolute Gasteiger partial charge is 0.388 e. The van der Waals surface area contributed by atoms with Crippen molar-refractivity contribution in [2.75, 3.05) is 26.3 Å². The van der Waals surface area contributed by atoms with Crippen LogP contribution in [-0.4, -0.2) is 37.0 Å². The average Bonchev–Trinajstić information content (AvgIpc) is 2.26. The lowest BCUT2D eigenvalue weighted by Crippen LogP contribution is -2.37. The van der Waals surface area contributed by atoms with Gasteiger partial charge in [0, 0.05) is 6.61 Å². The Bertz CT molecular complexity index is 186. The van der Waals surface area contributed by atoms with Crippen LogP contribution < -0.4 is 5.32 Å². The van der Waals surface area contributed by atoms with Gasteiger partial charge in [-0.3, -0.25) is 0 Å². The summed E-state index contributed by atoms with van der Waals surface area (Å²) in [4.78, 5) is 0. The van der Waals surface area contributed by atoms with E-state index in [2.05, 4.69) is 5.32 Å². The summed E-state index contributed by atoms with van der Waals surface area (Å²) in [7, 11) is 0.